The maximum absolute atomic E-state index is 13.2. The standard InChI is InChI=1S/C20H22FN3O3/c1-4-16-11(2)19(23-18-8-6-14(21)10-22-18)15-9-13(20(26)27)5-7-17(15)24(16)12(3)25/h5-11,16,19H,4H2,1-3H3,(H,22,23)(H,26,27)/t11-,16-,19+/m0/s1. The van der Waals surface area contributed by atoms with Gasteiger partial charge in [0.2, 0.25) is 5.91 Å². The van der Waals surface area contributed by atoms with Gasteiger partial charge in [-0.1, -0.05) is 13.8 Å². The third-order valence-corrected chi connectivity index (χ3v) is 5.12. The maximum Gasteiger partial charge on any atom is 0.335 e. The molecule has 0 saturated carbocycles. The Hall–Kier alpha value is -2.96. The van der Waals surface area contributed by atoms with Crippen LogP contribution in [0.3, 0.4) is 0 Å². The van der Waals surface area contributed by atoms with E-state index < -0.39 is 11.8 Å². The average molecular weight is 371 g/mol. The van der Waals surface area contributed by atoms with E-state index in [0.29, 0.717) is 17.1 Å². The van der Waals surface area contributed by atoms with Gasteiger partial charge in [-0.15, -0.1) is 0 Å². The smallest absolute Gasteiger partial charge is 0.335 e. The van der Waals surface area contributed by atoms with Crippen molar-refractivity contribution in [1.82, 2.24) is 4.98 Å². The summed E-state index contributed by atoms with van der Waals surface area (Å²) in [5.41, 5.74) is 1.56. The molecule has 2 aromatic rings. The van der Waals surface area contributed by atoms with E-state index in [4.69, 9.17) is 0 Å². The first-order valence-electron chi connectivity index (χ1n) is 8.88. The van der Waals surface area contributed by atoms with Gasteiger partial charge in [0.05, 0.1) is 17.8 Å². The van der Waals surface area contributed by atoms with Gasteiger partial charge in [0.1, 0.15) is 11.6 Å². The molecule has 1 aliphatic rings. The van der Waals surface area contributed by atoms with Gasteiger partial charge in [-0.3, -0.25) is 4.79 Å². The van der Waals surface area contributed by atoms with E-state index in [0.717, 1.165) is 12.6 Å². The van der Waals surface area contributed by atoms with E-state index in [1.54, 1.807) is 23.1 Å². The minimum Gasteiger partial charge on any atom is -0.478 e. The molecule has 3 rings (SSSR count). The Morgan fingerprint density at radius 2 is 2.04 bits per heavy atom. The number of hydrogen-bond donors (Lipinski definition) is 2. The van der Waals surface area contributed by atoms with E-state index in [1.165, 1.54) is 19.1 Å². The molecule has 1 amide bonds. The Bertz CT molecular complexity index is 869. The Morgan fingerprint density at radius 3 is 2.59 bits per heavy atom. The van der Waals surface area contributed by atoms with Gasteiger partial charge in [-0.2, -0.15) is 0 Å². The van der Waals surface area contributed by atoms with Crippen molar-refractivity contribution in [3.05, 3.63) is 53.5 Å². The van der Waals surface area contributed by atoms with Gasteiger partial charge < -0.3 is 15.3 Å². The molecule has 7 heteroatoms. The lowest BCUT2D eigenvalue weighted by atomic mass is 9.80. The average Bonchev–Trinajstić information content (AvgIpc) is 2.64. The third-order valence-electron chi connectivity index (χ3n) is 5.12. The van der Waals surface area contributed by atoms with Crippen molar-refractivity contribution in [3.8, 4) is 0 Å². The van der Waals surface area contributed by atoms with Crippen LogP contribution < -0.4 is 10.2 Å². The SMILES string of the molecule is CC[C@H]1[C@H](C)[C@@H](Nc2ccc(F)cn2)c2cc(C(=O)O)ccc2N1C(C)=O. The van der Waals surface area contributed by atoms with Crippen molar-refractivity contribution in [3.63, 3.8) is 0 Å². The summed E-state index contributed by atoms with van der Waals surface area (Å²) in [5.74, 6) is -1.07. The van der Waals surface area contributed by atoms with Gasteiger partial charge in [0.25, 0.3) is 0 Å². The highest BCUT2D eigenvalue weighted by molar-refractivity contribution is 5.95. The number of rotatable bonds is 4. The van der Waals surface area contributed by atoms with E-state index in [9.17, 15) is 19.1 Å². The number of fused-ring (bicyclic) bond motifs is 1. The lowest BCUT2D eigenvalue weighted by Gasteiger charge is -2.45. The highest BCUT2D eigenvalue weighted by Gasteiger charge is 2.40. The predicted molar refractivity (Wildman–Crippen MR) is 100 cm³/mol. The number of nitrogens with zero attached hydrogens (tertiary/aromatic N) is 2. The van der Waals surface area contributed by atoms with Crippen LogP contribution >= 0.6 is 0 Å². The van der Waals surface area contributed by atoms with Crippen LogP contribution in [0.5, 0.6) is 0 Å². The molecule has 0 fully saturated rings. The molecule has 2 heterocycles. The summed E-state index contributed by atoms with van der Waals surface area (Å²) in [4.78, 5) is 29.6. The summed E-state index contributed by atoms with van der Waals surface area (Å²) >= 11 is 0. The largest absolute Gasteiger partial charge is 0.478 e. The van der Waals surface area contributed by atoms with Crippen molar-refractivity contribution in [2.24, 2.45) is 5.92 Å². The molecule has 6 nitrogen and oxygen atoms in total. The molecule has 27 heavy (non-hydrogen) atoms. The zero-order chi connectivity index (χ0) is 19.7. The summed E-state index contributed by atoms with van der Waals surface area (Å²) < 4.78 is 13.2. The van der Waals surface area contributed by atoms with Crippen LogP contribution in [0.2, 0.25) is 0 Å². The number of benzene rings is 1. The third kappa shape index (κ3) is 3.49. The van der Waals surface area contributed by atoms with Crippen LogP contribution in [-0.2, 0) is 4.79 Å². The molecule has 0 bridgehead atoms. The first kappa shape index (κ1) is 18.8. The quantitative estimate of drug-likeness (QED) is 0.853. The second kappa shape index (κ2) is 7.34. The van der Waals surface area contributed by atoms with Crippen LogP contribution in [-0.4, -0.2) is 28.0 Å². The molecule has 2 N–H and O–H groups in total. The molecule has 3 atom stereocenters. The minimum absolute atomic E-state index is 0.0118. The van der Waals surface area contributed by atoms with Crippen LogP contribution in [0.25, 0.3) is 0 Å². The second-order valence-electron chi connectivity index (χ2n) is 6.79. The number of anilines is 2. The van der Waals surface area contributed by atoms with Crippen molar-refractivity contribution >= 4 is 23.4 Å². The Labute approximate surface area is 157 Å². The molecule has 1 aromatic heterocycles. The Kier molecular flexibility index (Phi) is 5.12. The molecule has 0 unspecified atom stereocenters. The molecular weight excluding hydrogens is 349 g/mol. The number of nitrogens with one attached hydrogen (secondary N) is 1. The first-order valence-corrected chi connectivity index (χ1v) is 8.88. The molecule has 0 spiro atoms. The molecule has 0 saturated heterocycles. The lowest BCUT2D eigenvalue weighted by molar-refractivity contribution is -0.117. The normalized spacial score (nSPS) is 21.5. The number of pyridine rings is 1. The summed E-state index contributed by atoms with van der Waals surface area (Å²) in [6.07, 6.45) is 1.87. The van der Waals surface area contributed by atoms with Crippen molar-refractivity contribution in [2.45, 2.75) is 39.3 Å². The fourth-order valence-corrected chi connectivity index (χ4v) is 3.86. The number of hydrogen-bond acceptors (Lipinski definition) is 4. The van der Waals surface area contributed by atoms with Gasteiger partial charge in [0.15, 0.2) is 0 Å². The zero-order valence-corrected chi connectivity index (χ0v) is 15.4. The summed E-state index contributed by atoms with van der Waals surface area (Å²) in [5, 5.41) is 12.7. The second-order valence-corrected chi connectivity index (χ2v) is 6.79. The summed E-state index contributed by atoms with van der Waals surface area (Å²) in [7, 11) is 0. The number of carboxylic acids is 1. The molecule has 0 aliphatic carbocycles. The van der Waals surface area contributed by atoms with Crippen molar-refractivity contribution in [1.29, 1.82) is 0 Å². The highest BCUT2D eigenvalue weighted by Crippen LogP contribution is 2.43. The van der Waals surface area contributed by atoms with Crippen LogP contribution in [0.15, 0.2) is 36.5 Å². The summed E-state index contributed by atoms with van der Waals surface area (Å²) in [6, 6.07) is 7.32. The van der Waals surface area contributed by atoms with E-state index in [1.807, 2.05) is 13.8 Å². The number of aromatic carboxylic acids is 1. The number of carbonyl (C=O) groups excluding carboxylic acids is 1. The zero-order valence-electron chi connectivity index (χ0n) is 15.4. The minimum atomic E-state index is -1.03. The molecular formula is C20H22FN3O3. The number of aromatic nitrogens is 1. The monoisotopic (exact) mass is 371 g/mol. The number of carboxylic acid groups (broad SMARTS) is 1. The summed E-state index contributed by atoms with van der Waals surface area (Å²) in [6.45, 7) is 5.54. The number of halogens is 1. The Morgan fingerprint density at radius 1 is 1.30 bits per heavy atom. The fourth-order valence-electron chi connectivity index (χ4n) is 3.86. The maximum atomic E-state index is 13.2. The van der Waals surface area contributed by atoms with Crippen molar-refractivity contribution < 1.29 is 19.1 Å². The molecule has 1 aromatic carbocycles. The topological polar surface area (TPSA) is 82.5 Å². The van der Waals surface area contributed by atoms with Crippen molar-refractivity contribution in [2.75, 3.05) is 10.2 Å². The fraction of sp³-hybridized carbons (Fsp3) is 0.350. The van der Waals surface area contributed by atoms with E-state index >= 15 is 0 Å². The van der Waals surface area contributed by atoms with E-state index in [-0.39, 0.29) is 29.5 Å². The predicted octanol–water partition coefficient (Wildman–Crippen LogP) is 3.85. The van der Waals surface area contributed by atoms with E-state index in [2.05, 4.69) is 10.3 Å². The molecule has 0 radical (unpaired) electrons. The highest BCUT2D eigenvalue weighted by atomic mass is 19.1. The Balaban J connectivity index is 2.12. The van der Waals surface area contributed by atoms with Crippen LogP contribution in [0.1, 0.15) is 49.2 Å². The van der Waals surface area contributed by atoms with Gasteiger partial charge in [-0.25, -0.2) is 14.2 Å². The van der Waals surface area contributed by atoms with Gasteiger partial charge >= 0.3 is 5.97 Å². The number of amides is 1. The van der Waals surface area contributed by atoms with Crippen LogP contribution in [0, 0.1) is 11.7 Å². The van der Waals surface area contributed by atoms with Gasteiger partial charge in [0, 0.05) is 24.6 Å². The lowest BCUT2D eigenvalue weighted by Crippen LogP contribution is -2.49. The molecule has 1 aliphatic heterocycles. The number of carbonyl (C=O) groups is 2. The first-order chi connectivity index (χ1) is 12.8. The van der Waals surface area contributed by atoms with Gasteiger partial charge in [-0.05, 0) is 42.3 Å². The molecule has 142 valence electrons. The van der Waals surface area contributed by atoms with Crippen LogP contribution in [0.4, 0.5) is 15.9 Å².